The summed E-state index contributed by atoms with van der Waals surface area (Å²) in [6, 6.07) is 0. The molecule has 78 valence electrons. The Balaban J connectivity index is 4.16. The lowest BCUT2D eigenvalue weighted by atomic mass is 10.4. The molecule has 3 nitrogen and oxygen atoms in total. The maximum atomic E-state index is 5.22. The molecule has 0 heterocycles. The van der Waals surface area contributed by atoms with Crippen molar-refractivity contribution in [2.45, 2.75) is 19.8 Å². The van der Waals surface area contributed by atoms with Crippen molar-refractivity contribution in [3.8, 4) is 0 Å². The summed E-state index contributed by atoms with van der Waals surface area (Å²) in [6.45, 7) is 2.09. The van der Waals surface area contributed by atoms with Gasteiger partial charge >= 0.3 is 7.95 Å². The van der Waals surface area contributed by atoms with Gasteiger partial charge in [-0.25, -0.2) is 0 Å². The first kappa shape index (κ1) is 13.5. The zero-order valence-electron chi connectivity index (χ0n) is 8.46. The summed E-state index contributed by atoms with van der Waals surface area (Å²) in [4.78, 5) is 0. The van der Waals surface area contributed by atoms with Gasteiger partial charge in [0, 0.05) is 25.5 Å². The van der Waals surface area contributed by atoms with Crippen molar-refractivity contribution in [3.63, 3.8) is 0 Å². The molecular weight excluding hydrogens is 224 g/mol. The normalized spacial score (nSPS) is 11.7. The van der Waals surface area contributed by atoms with Crippen LogP contribution in [0.4, 0.5) is 0 Å². The van der Waals surface area contributed by atoms with Gasteiger partial charge in [0.05, 0.1) is 0 Å². The summed E-state index contributed by atoms with van der Waals surface area (Å²) in [5.74, 6) is 0. The van der Waals surface area contributed by atoms with Gasteiger partial charge in [-0.05, 0) is 6.42 Å². The standard InChI is InChI=1S/C7H16O3S2Si/c1-5-6-7(11)12-13(8-2,9-3)10-4/h5-6H2,1-4H3. The van der Waals surface area contributed by atoms with Gasteiger partial charge in [0.15, 0.2) is 0 Å². The van der Waals surface area contributed by atoms with Crippen LogP contribution in [0.2, 0.25) is 0 Å². The van der Waals surface area contributed by atoms with E-state index in [1.165, 1.54) is 11.2 Å². The molecule has 0 aliphatic heterocycles. The molecule has 0 atom stereocenters. The van der Waals surface area contributed by atoms with E-state index in [1.807, 2.05) is 0 Å². The summed E-state index contributed by atoms with van der Waals surface area (Å²) in [6.07, 6.45) is 1.93. The van der Waals surface area contributed by atoms with E-state index < -0.39 is 7.95 Å². The van der Waals surface area contributed by atoms with Crippen LogP contribution in [0.3, 0.4) is 0 Å². The minimum Gasteiger partial charge on any atom is -0.368 e. The SMILES string of the molecule is CCCC(=S)S[Si](OC)(OC)OC. The first-order valence-corrected chi connectivity index (χ1v) is 7.68. The third kappa shape index (κ3) is 4.53. The predicted molar refractivity (Wildman–Crippen MR) is 61.9 cm³/mol. The molecule has 0 aromatic heterocycles. The van der Waals surface area contributed by atoms with E-state index in [9.17, 15) is 0 Å². The Labute approximate surface area is 90.1 Å². The first-order valence-electron chi connectivity index (χ1n) is 4.01. The van der Waals surface area contributed by atoms with E-state index in [2.05, 4.69) is 6.92 Å². The predicted octanol–water partition coefficient (Wildman–Crippen LogP) is 2.22. The highest BCUT2D eigenvalue weighted by Crippen LogP contribution is 2.25. The fraction of sp³-hybridized carbons (Fsp3) is 0.857. The van der Waals surface area contributed by atoms with E-state index in [1.54, 1.807) is 21.3 Å². The quantitative estimate of drug-likeness (QED) is 0.524. The van der Waals surface area contributed by atoms with Crippen LogP contribution in [-0.2, 0) is 13.3 Å². The van der Waals surface area contributed by atoms with Gasteiger partial charge in [-0.3, -0.25) is 0 Å². The van der Waals surface area contributed by atoms with Gasteiger partial charge in [0.1, 0.15) is 0 Å². The van der Waals surface area contributed by atoms with E-state index in [0.717, 1.165) is 17.0 Å². The van der Waals surface area contributed by atoms with Gasteiger partial charge in [0.25, 0.3) is 0 Å². The highest BCUT2D eigenvalue weighted by molar-refractivity contribution is 8.42. The van der Waals surface area contributed by atoms with Crippen molar-refractivity contribution in [2.75, 3.05) is 21.3 Å². The van der Waals surface area contributed by atoms with Crippen molar-refractivity contribution in [1.82, 2.24) is 0 Å². The second-order valence-electron chi connectivity index (χ2n) is 2.34. The summed E-state index contributed by atoms with van der Waals surface area (Å²) in [7, 11) is 2.21. The molecule has 0 aliphatic rings. The average molecular weight is 240 g/mol. The summed E-state index contributed by atoms with van der Waals surface area (Å²) in [5.41, 5.74) is 0. The molecule has 0 fully saturated rings. The van der Waals surface area contributed by atoms with Crippen molar-refractivity contribution >= 4 is 35.6 Å². The summed E-state index contributed by atoms with van der Waals surface area (Å²) >= 11 is 6.58. The summed E-state index contributed by atoms with van der Waals surface area (Å²) < 4.78 is 16.6. The average Bonchev–Trinajstić information content (AvgIpc) is 2.15. The number of hydrogen-bond donors (Lipinski definition) is 0. The fourth-order valence-electron chi connectivity index (χ4n) is 0.770. The lowest BCUT2D eigenvalue weighted by Crippen LogP contribution is -2.40. The fourth-order valence-corrected chi connectivity index (χ4v) is 5.12. The van der Waals surface area contributed by atoms with Crippen molar-refractivity contribution in [3.05, 3.63) is 0 Å². The Kier molecular flexibility index (Phi) is 7.20. The smallest absolute Gasteiger partial charge is 0.368 e. The molecule has 0 saturated carbocycles. The highest BCUT2D eigenvalue weighted by Gasteiger charge is 2.40. The zero-order chi connectivity index (χ0) is 10.3. The van der Waals surface area contributed by atoms with Gasteiger partial charge in [-0.15, -0.1) is 0 Å². The molecule has 0 aliphatic carbocycles. The summed E-state index contributed by atoms with van der Waals surface area (Å²) in [5, 5.41) is 0. The molecule has 6 heteroatoms. The molecule has 0 radical (unpaired) electrons. The zero-order valence-corrected chi connectivity index (χ0v) is 11.1. The Morgan fingerprint density at radius 2 is 1.69 bits per heavy atom. The minimum atomic E-state index is -2.54. The van der Waals surface area contributed by atoms with Gasteiger partial charge in [-0.1, -0.05) is 36.8 Å². The van der Waals surface area contributed by atoms with Crippen molar-refractivity contribution in [2.24, 2.45) is 0 Å². The molecule has 0 N–H and O–H groups in total. The Morgan fingerprint density at radius 3 is 2.00 bits per heavy atom. The number of hydrogen-bond acceptors (Lipinski definition) is 5. The van der Waals surface area contributed by atoms with Crippen LogP contribution >= 0.6 is 23.4 Å². The molecule has 0 aromatic carbocycles. The third-order valence-electron chi connectivity index (χ3n) is 1.44. The van der Waals surface area contributed by atoms with Crippen LogP contribution in [0.1, 0.15) is 19.8 Å². The molecule has 13 heavy (non-hydrogen) atoms. The monoisotopic (exact) mass is 240 g/mol. The van der Waals surface area contributed by atoms with Crippen LogP contribution in [0.5, 0.6) is 0 Å². The molecule has 0 saturated heterocycles. The van der Waals surface area contributed by atoms with E-state index in [0.29, 0.717) is 0 Å². The van der Waals surface area contributed by atoms with E-state index >= 15 is 0 Å². The Hall–Kier alpha value is 0.537. The second-order valence-corrected chi connectivity index (χ2v) is 8.12. The molecule has 0 aromatic rings. The molecule has 0 amide bonds. The minimum absolute atomic E-state index is 0.889. The molecular formula is C7H16O3S2Si. The second kappa shape index (κ2) is 6.91. The molecule has 0 rings (SSSR count). The van der Waals surface area contributed by atoms with Gasteiger partial charge in [0.2, 0.25) is 0 Å². The maximum Gasteiger partial charge on any atom is 0.577 e. The van der Waals surface area contributed by atoms with E-state index in [-0.39, 0.29) is 0 Å². The van der Waals surface area contributed by atoms with Crippen LogP contribution in [0, 0.1) is 0 Å². The van der Waals surface area contributed by atoms with Crippen LogP contribution in [0.15, 0.2) is 0 Å². The molecule has 0 spiro atoms. The first-order chi connectivity index (χ1) is 6.14. The van der Waals surface area contributed by atoms with E-state index in [4.69, 9.17) is 25.5 Å². The maximum absolute atomic E-state index is 5.22. The van der Waals surface area contributed by atoms with Gasteiger partial charge in [-0.2, -0.15) is 0 Å². The lowest BCUT2D eigenvalue weighted by molar-refractivity contribution is 0.153. The van der Waals surface area contributed by atoms with Crippen molar-refractivity contribution < 1.29 is 13.3 Å². The third-order valence-corrected chi connectivity index (χ3v) is 7.51. The molecule has 0 bridgehead atoms. The van der Waals surface area contributed by atoms with Crippen molar-refractivity contribution in [1.29, 1.82) is 0 Å². The molecule has 0 unspecified atom stereocenters. The number of thiocarbonyl (C=S) groups is 1. The Bertz CT molecular complexity index is 154. The largest absolute Gasteiger partial charge is 0.577 e. The number of rotatable bonds is 6. The van der Waals surface area contributed by atoms with Crippen LogP contribution in [0.25, 0.3) is 0 Å². The lowest BCUT2D eigenvalue weighted by Gasteiger charge is -2.22. The highest BCUT2D eigenvalue weighted by atomic mass is 32.4. The van der Waals surface area contributed by atoms with Gasteiger partial charge < -0.3 is 13.3 Å². The topological polar surface area (TPSA) is 27.7 Å². The van der Waals surface area contributed by atoms with Crippen LogP contribution < -0.4 is 0 Å². The Morgan fingerprint density at radius 1 is 1.23 bits per heavy atom. The van der Waals surface area contributed by atoms with Crippen LogP contribution in [-0.4, -0.2) is 33.5 Å².